The lowest BCUT2D eigenvalue weighted by molar-refractivity contribution is -0.114. The molecule has 0 saturated carbocycles. The molecule has 0 aliphatic rings. The van der Waals surface area contributed by atoms with Gasteiger partial charge in [0.05, 0.1) is 11.3 Å². The Balaban J connectivity index is 2.21. The van der Waals surface area contributed by atoms with Gasteiger partial charge in [-0.05, 0) is 24.3 Å². The molecule has 144 valence electrons. The van der Waals surface area contributed by atoms with E-state index in [4.69, 9.17) is 0 Å². The average Bonchev–Trinajstić information content (AvgIpc) is 2.60. The third-order valence-corrected chi connectivity index (χ3v) is 4.25. The van der Waals surface area contributed by atoms with Crippen LogP contribution in [0.5, 0.6) is 0 Å². The smallest absolute Gasteiger partial charge is 0.257 e. The Hall–Kier alpha value is -2.92. The predicted molar refractivity (Wildman–Crippen MR) is 98.3 cm³/mol. The van der Waals surface area contributed by atoms with Crippen LogP contribution in [0.2, 0.25) is 0 Å². The number of anilines is 3. The Labute approximate surface area is 156 Å². The molecular weight excluding hydrogens is 380 g/mol. The van der Waals surface area contributed by atoms with E-state index in [9.17, 15) is 22.6 Å². The van der Waals surface area contributed by atoms with Gasteiger partial charge in [0.1, 0.15) is 17.3 Å². The van der Waals surface area contributed by atoms with Crippen molar-refractivity contribution in [1.82, 2.24) is 9.29 Å². The zero-order valence-electron chi connectivity index (χ0n) is 14.7. The van der Waals surface area contributed by atoms with Crippen molar-refractivity contribution in [3.63, 3.8) is 0 Å². The summed E-state index contributed by atoms with van der Waals surface area (Å²) < 4.78 is 43.9. The first-order valence-corrected chi connectivity index (χ1v) is 8.68. The van der Waals surface area contributed by atoms with Gasteiger partial charge < -0.3 is 10.6 Å². The molecule has 27 heavy (non-hydrogen) atoms. The number of aromatic nitrogens is 1. The second kappa shape index (κ2) is 8.64. The van der Waals surface area contributed by atoms with Gasteiger partial charge in [-0.2, -0.15) is 0 Å². The quantitative estimate of drug-likeness (QED) is 0.695. The second-order valence-electron chi connectivity index (χ2n) is 5.51. The molecule has 1 heterocycles. The molecule has 1 aromatic carbocycles. The molecule has 2 amide bonds. The van der Waals surface area contributed by atoms with Crippen LogP contribution in [0.15, 0.2) is 30.5 Å². The van der Waals surface area contributed by atoms with E-state index in [1.165, 1.54) is 37.5 Å². The summed E-state index contributed by atoms with van der Waals surface area (Å²) in [6.45, 7) is 1.30. The Morgan fingerprint density at radius 3 is 2.37 bits per heavy atom. The Morgan fingerprint density at radius 2 is 1.81 bits per heavy atom. The standard InChI is InChI=1S/C16H17F2N5O3S/c1-9(24)20-13-7-4-10(8-19-13)16(25)21-15-11(17)5-6-12(14(15)18)22-27(26)23(2)3/h4-8,22H,1-3H3,(H,21,25)(H,19,20,24). The van der Waals surface area contributed by atoms with Crippen molar-refractivity contribution in [1.29, 1.82) is 0 Å². The monoisotopic (exact) mass is 397 g/mol. The van der Waals surface area contributed by atoms with E-state index in [-0.39, 0.29) is 23.0 Å². The lowest BCUT2D eigenvalue weighted by Gasteiger charge is -2.14. The summed E-state index contributed by atoms with van der Waals surface area (Å²) in [6, 6.07) is 4.73. The van der Waals surface area contributed by atoms with Crippen LogP contribution >= 0.6 is 0 Å². The number of carbonyl (C=O) groups is 2. The molecular formula is C16H17F2N5O3S. The van der Waals surface area contributed by atoms with Crippen molar-refractivity contribution in [3.05, 3.63) is 47.7 Å². The van der Waals surface area contributed by atoms with Gasteiger partial charge in [0.2, 0.25) is 5.91 Å². The highest BCUT2D eigenvalue weighted by molar-refractivity contribution is 7.83. The number of pyridine rings is 1. The first-order chi connectivity index (χ1) is 12.7. The van der Waals surface area contributed by atoms with Crippen LogP contribution in [0.3, 0.4) is 0 Å². The molecule has 0 bridgehead atoms. The zero-order chi connectivity index (χ0) is 20.1. The first-order valence-electron chi connectivity index (χ1n) is 7.58. The fraction of sp³-hybridized carbons (Fsp3) is 0.188. The van der Waals surface area contributed by atoms with Crippen LogP contribution in [0, 0.1) is 11.6 Å². The van der Waals surface area contributed by atoms with E-state index in [2.05, 4.69) is 20.3 Å². The number of hydrogen-bond acceptors (Lipinski definition) is 4. The van der Waals surface area contributed by atoms with Gasteiger partial charge in [-0.25, -0.2) is 22.3 Å². The Morgan fingerprint density at radius 1 is 1.11 bits per heavy atom. The normalized spacial score (nSPS) is 11.8. The summed E-state index contributed by atoms with van der Waals surface area (Å²) in [5.41, 5.74) is -0.900. The number of rotatable bonds is 6. The number of nitrogens with zero attached hydrogens (tertiary/aromatic N) is 2. The van der Waals surface area contributed by atoms with Gasteiger partial charge in [0, 0.05) is 27.2 Å². The highest BCUT2D eigenvalue weighted by Gasteiger charge is 2.19. The number of halogens is 2. The van der Waals surface area contributed by atoms with E-state index < -0.39 is 34.4 Å². The molecule has 0 radical (unpaired) electrons. The summed E-state index contributed by atoms with van der Waals surface area (Å²) >= 11 is -1.74. The minimum Gasteiger partial charge on any atom is -0.317 e. The highest BCUT2D eigenvalue weighted by Crippen LogP contribution is 2.27. The van der Waals surface area contributed by atoms with Crippen LogP contribution in [-0.2, 0) is 16.0 Å². The fourth-order valence-corrected chi connectivity index (χ4v) is 2.43. The molecule has 1 unspecified atom stereocenters. The maximum Gasteiger partial charge on any atom is 0.257 e. The number of amides is 2. The van der Waals surface area contributed by atoms with Crippen LogP contribution < -0.4 is 15.4 Å². The van der Waals surface area contributed by atoms with Gasteiger partial charge in [0.25, 0.3) is 5.91 Å². The maximum atomic E-state index is 14.5. The predicted octanol–water partition coefficient (Wildman–Crippen LogP) is 2.12. The minimum absolute atomic E-state index is 0.0260. The molecule has 0 spiro atoms. The van der Waals surface area contributed by atoms with Crippen LogP contribution in [0.25, 0.3) is 0 Å². The van der Waals surface area contributed by atoms with Gasteiger partial charge in [-0.1, -0.05) is 0 Å². The largest absolute Gasteiger partial charge is 0.317 e. The summed E-state index contributed by atoms with van der Waals surface area (Å²) in [5.74, 6) is -3.00. The molecule has 0 fully saturated rings. The highest BCUT2D eigenvalue weighted by atomic mass is 32.2. The topological polar surface area (TPSA) is 103 Å². The number of benzene rings is 1. The SMILES string of the molecule is CC(=O)Nc1ccc(C(=O)Nc2c(F)ccc(NS(=O)N(C)C)c2F)cn1. The zero-order valence-corrected chi connectivity index (χ0v) is 15.5. The first kappa shape index (κ1) is 20.4. The van der Waals surface area contributed by atoms with Crippen molar-refractivity contribution in [2.75, 3.05) is 29.5 Å². The van der Waals surface area contributed by atoms with Crippen molar-refractivity contribution in [3.8, 4) is 0 Å². The van der Waals surface area contributed by atoms with Gasteiger partial charge in [-0.15, -0.1) is 0 Å². The van der Waals surface area contributed by atoms with E-state index >= 15 is 0 Å². The molecule has 1 aromatic heterocycles. The molecule has 3 N–H and O–H groups in total. The summed E-state index contributed by atoms with van der Waals surface area (Å²) in [4.78, 5) is 27.1. The van der Waals surface area contributed by atoms with E-state index in [1.54, 1.807) is 0 Å². The Kier molecular flexibility index (Phi) is 6.53. The van der Waals surface area contributed by atoms with Crippen LogP contribution in [-0.4, -0.2) is 39.4 Å². The lowest BCUT2D eigenvalue weighted by atomic mass is 10.2. The van der Waals surface area contributed by atoms with Crippen molar-refractivity contribution < 1.29 is 22.6 Å². The summed E-state index contributed by atoms with van der Waals surface area (Å²) in [6.07, 6.45) is 1.15. The third kappa shape index (κ3) is 5.28. The van der Waals surface area contributed by atoms with E-state index in [1.807, 2.05) is 0 Å². The molecule has 0 saturated heterocycles. The number of hydrogen-bond donors (Lipinski definition) is 3. The van der Waals surface area contributed by atoms with Gasteiger partial charge in [0.15, 0.2) is 17.0 Å². The lowest BCUT2D eigenvalue weighted by Crippen LogP contribution is -2.23. The van der Waals surface area contributed by atoms with Crippen LogP contribution in [0.4, 0.5) is 26.0 Å². The third-order valence-electron chi connectivity index (χ3n) is 3.19. The molecule has 11 heteroatoms. The number of carbonyl (C=O) groups excluding carboxylic acids is 2. The summed E-state index contributed by atoms with van der Waals surface area (Å²) in [7, 11) is 3.01. The van der Waals surface area contributed by atoms with Crippen LogP contribution in [0.1, 0.15) is 17.3 Å². The van der Waals surface area contributed by atoms with Crippen molar-refractivity contribution in [2.24, 2.45) is 0 Å². The van der Waals surface area contributed by atoms with E-state index in [0.717, 1.165) is 18.3 Å². The fourth-order valence-electron chi connectivity index (χ4n) is 1.90. The van der Waals surface area contributed by atoms with E-state index in [0.29, 0.717) is 0 Å². The molecule has 0 aliphatic heterocycles. The Bertz CT molecular complexity index is 890. The molecule has 8 nitrogen and oxygen atoms in total. The average molecular weight is 397 g/mol. The molecule has 0 aliphatic carbocycles. The second-order valence-corrected chi connectivity index (χ2v) is 6.95. The molecule has 2 aromatic rings. The minimum atomic E-state index is -1.74. The molecule has 1 atom stereocenters. The maximum absolute atomic E-state index is 14.5. The van der Waals surface area contributed by atoms with Crippen molar-refractivity contribution >= 4 is 40.2 Å². The van der Waals surface area contributed by atoms with Gasteiger partial charge in [-0.3, -0.25) is 14.3 Å². The number of nitrogens with one attached hydrogen (secondary N) is 3. The summed E-state index contributed by atoms with van der Waals surface area (Å²) in [5, 5.41) is 4.56. The van der Waals surface area contributed by atoms with Gasteiger partial charge >= 0.3 is 0 Å². The van der Waals surface area contributed by atoms with Crippen molar-refractivity contribution in [2.45, 2.75) is 6.92 Å². The molecule has 2 rings (SSSR count).